The van der Waals surface area contributed by atoms with Crippen LogP contribution in [-0.4, -0.2) is 18.5 Å². The molecular formula is C16H30N2O. The van der Waals surface area contributed by atoms with Gasteiger partial charge in [-0.25, -0.2) is 0 Å². The number of nitrogens with one attached hydrogen (secondary N) is 1. The molecule has 2 fully saturated rings. The summed E-state index contributed by atoms with van der Waals surface area (Å²) in [4.78, 5) is 12.2. The first-order valence-corrected chi connectivity index (χ1v) is 8.20. The van der Waals surface area contributed by atoms with Crippen LogP contribution in [0, 0.1) is 17.8 Å². The third-order valence-electron chi connectivity index (χ3n) is 5.27. The molecule has 0 aromatic rings. The van der Waals surface area contributed by atoms with Crippen LogP contribution in [0.2, 0.25) is 0 Å². The molecule has 1 amide bonds. The van der Waals surface area contributed by atoms with Crippen molar-refractivity contribution in [1.82, 2.24) is 5.32 Å². The minimum atomic E-state index is 0.253. The van der Waals surface area contributed by atoms with Crippen LogP contribution in [0.15, 0.2) is 0 Å². The predicted octanol–water partition coefficient (Wildman–Crippen LogP) is 2.84. The third kappa shape index (κ3) is 4.20. The van der Waals surface area contributed by atoms with E-state index in [1.54, 1.807) is 0 Å². The molecule has 3 heteroatoms. The van der Waals surface area contributed by atoms with Crippen molar-refractivity contribution in [3.63, 3.8) is 0 Å². The molecular weight excluding hydrogens is 236 g/mol. The van der Waals surface area contributed by atoms with Gasteiger partial charge >= 0.3 is 0 Å². The normalized spacial score (nSPS) is 30.2. The smallest absolute Gasteiger partial charge is 0.220 e. The van der Waals surface area contributed by atoms with Gasteiger partial charge in [-0.3, -0.25) is 4.79 Å². The van der Waals surface area contributed by atoms with Crippen molar-refractivity contribution in [3.05, 3.63) is 0 Å². The van der Waals surface area contributed by atoms with Crippen LogP contribution in [0.3, 0.4) is 0 Å². The molecule has 2 rings (SSSR count). The van der Waals surface area contributed by atoms with Gasteiger partial charge in [-0.15, -0.1) is 0 Å². The van der Waals surface area contributed by atoms with Crippen molar-refractivity contribution in [2.75, 3.05) is 6.54 Å². The molecule has 3 atom stereocenters. The van der Waals surface area contributed by atoms with Gasteiger partial charge in [0.1, 0.15) is 0 Å². The molecule has 0 saturated heterocycles. The number of rotatable bonds is 5. The highest BCUT2D eigenvalue weighted by Crippen LogP contribution is 2.31. The zero-order chi connectivity index (χ0) is 13.7. The number of nitrogens with two attached hydrogens (primary N) is 1. The molecule has 0 aliphatic heterocycles. The zero-order valence-electron chi connectivity index (χ0n) is 12.4. The molecule has 2 aliphatic carbocycles. The lowest BCUT2D eigenvalue weighted by molar-refractivity contribution is -0.123. The third-order valence-corrected chi connectivity index (χ3v) is 5.27. The molecule has 110 valence electrons. The molecule has 19 heavy (non-hydrogen) atoms. The van der Waals surface area contributed by atoms with Crippen LogP contribution in [0.1, 0.15) is 64.7 Å². The van der Waals surface area contributed by atoms with Crippen LogP contribution in [0.4, 0.5) is 0 Å². The van der Waals surface area contributed by atoms with Gasteiger partial charge in [0.25, 0.3) is 0 Å². The fourth-order valence-corrected chi connectivity index (χ4v) is 3.94. The van der Waals surface area contributed by atoms with Crippen molar-refractivity contribution >= 4 is 5.91 Å². The van der Waals surface area contributed by atoms with E-state index in [-0.39, 0.29) is 5.91 Å². The van der Waals surface area contributed by atoms with E-state index < -0.39 is 0 Å². The van der Waals surface area contributed by atoms with Crippen molar-refractivity contribution in [1.29, 1.82) is 0 Å². The lowest BCUT2D eigenvalue weighted by Crippen LogP contribution is -2.40. The monoisotopic (exact) mass is 266 g/mol. The second-order valence-corrected chi connectivity index (χ2v) is 6.68. The second-order valence-electron chi connectivity index (χ2n) is 6.68. The molecule has 3 nitrogen and oxygen atoms in total. The zero-order valence-corrected chi connectivity index (χ0v) is 12.4. The largest absolute Gasteiger partial charge is 0.353 e. The van der Waals surface area contributed by atoms with Crippen molar-refractivity contribution in [3.8, 4) is 0 Å². The number of hydrogen-bond acceptors (Lipinski definition) is 2. The quantitative estimate of drug-likeness (QED) is 0.804. The van der Waals surface area contributed by atoms with Crippen molar-refractivity contribution < 1.29 is 4.79 Å². The van der Waals surface area contributed by atoms with Gasteiger partial charge in [0.15, 0.2) is 0 Å². The summed E-state index contributed by atoms with van der Waals surface area (Å²) in [7, 11) is 0. The minimum Gasteiger partial charge on any atom is -0.353 e. The summed E-state index contributed by atoms with van der Waals surface area (Å²) in [6.45, 7) is 2.97. The second kappa shape index (κ2) is 7.28. The highest BCUT2D eigenvalue weighted by molar-refractivity contribution is 5.76. The maximum absolute atomic E-state index is 12.2. The lowest BCUT2D eigenvalue weighted by Gasteiger charge is -2.28. The summed E-state index contributed by atoms with van der Waals surface area (Å²) >= 11 is 0. The average molecular weight is 266 g/mol. The van der Waals surface area contributed by atoms with Gasteiger partial charge in [-0.2, -0.15) is 0 Å². The predicted molar refractivity (Wildman–Crippen MR) is 78.7 cm³/mol. The number of amides is 1. The van der Waals surface area contributed by atoms with Gasteiger partial charge in [0.05, 0.1) is 0 Å². The summed E-state index contributed by atoms with van der Waals surface area (Å²) in [5, 5.41) is 3.23. The Morgan fingerprint density at radius 1 is 1.16 bits per heavy atom. The van der Waals surface area contributed by atoms with E-state index in [1.807, 2.05) is 0 Å². The molecule has 0 aromatic heterocycles. The fourth-order valence-electron chi connectivity index (χ4n) is 3.94. The van der Waals surface area contributed by atoms with Crippen LogP contribution >= 0.6 is 0 Å². The lowest BCUT2D eigenvalue weighted by atomic mass is 9.79. The summed E-state index contributed by atoms with van der Waals surface area (Å²) in [5.74, 6) is 2.07. The first-order chi connectivity index (χ1) is 9.20. The molecule has 3 unspecified atom stereocenters. The Kier molecular flexibility index (Phi) is 5.68. The maximum atomic E-state index is 12.2. The summed E-state index contributed by atoms with van der Waals surface area (Å²) in [6, 6.07) is 0.344. The molecule has 2 saturated carbocycles. The molecule has 0 aromatic carbocycles. The van der Waals surface area contributed by atoms with E-state index in [0.29, 0.717) is 30.8 Å². The Balaban J connectivity index is 1.74. The Labute approximate surface area is 117 Å². The minimum absolute atomic E-state index is 0.253. The summed E-state index contributed by atoms with van der Waals surface area (Å²) < 4.78 is 0. The molecule has 0 radical (unpaired) electrons. The van der Waals surface area contributed by atoms with Crippen molar-refractivity contribution in [2.24, 2.45) is 23.5 Å². The van der Waals surface area contributed by atoms with Crippen LogP contribution < -0.4 is 11.1 Å². The standard InChI is InChI=1S/C16H30N2O/c1-12(13-6-3-2-4-7-13)10-16(19)18-15-9-5-8-14(15)11-17/h12-15H,2-11,17H2,1H3,(H,18,19). The molecule has 0 spiro atoms. The maximum Gasteiger partial charge on any atom is 0.220 e. The molecule has 0 bridgehead atoms. The number of carbonyl (C=O) groups excluding carboxylic acids is 1. The van der Waals surface area contributed by atoms with Gasteiger partial charge in [-0.05, 0) is 37.1 Å². The van der Waals surface area contributed by atoms with Gasteiger partial charge in [0.2, 0.25) is 5.91 Å². The summed E-state index contributed by atoms with van der Waals surface area (Å²) in [5.41, 5.74) is 5.77. The van der Waals surface area contributed by atoms with Crippen molar-refractivity contribution in [2.45, 2.75) is 70.8 Å². The van der Waals surface area contributed by atoms with E-state index in [9.17, 15) is 4.79 Å². The topological polar surface area (TPSA) is 55.1 Å². The Hall–Kier alpha value is -0.570. The van der Waals surface area contributed by atoms with Crippen LogP contribution in [0.25, 0.3) is 0 Å². The van der Waals surface area contributed by atoms with E-state index >= 15 is 0 Å². The number of hydrogen-bond donors (Lipinski definition) is 2. The summed E-state index contributed by atoms with van der Waals surface area (Å²) in [6.07, 6.45) is 11.0. The van der Waals surface area contributed by atoms with Gasteiger partial charge in [-0.1, -0.05) is 45.4 Å². The van der Waals surface area contributed by atoms with Crippen LogP contribution in [0.5, 0.6) is 0 Å². The van der Waals surface area contributed by atoms with Crippen LogP contribution in [-0.2, 0) is 4.79 Å². The van der Waals surface area contributed by atoms with Gasteiger partial charge in [0, 0.05) is 12.5 Å². The Bertz CT molecular complexity index is 286. The molecule has 2 aliphatic rings. The van der Waals surface area contributed by atoms with E-state index in [2.05, 4.69) is 12.2 Å². The van der Waals surface area contributed by atoms with E-state index in [1.165, 1.54) is 44.9 Å². The first kappa shape index (κ1) is 14.8. The van der Waals surface area contributed by atoms with E-state index in [0.717, 1.165) is 12.3 Å². The number of carbonyl (C=O) groups is 1. The Morgan fingerprint density at radius 3 is 2.58 bits per heavy atom. The van der Waals surface area contributed by atoms with E-state index in [4.69, 9.17) is 5.73 Å². The molecule has 0 heterocycles. The molecule has 3 N–H and O–H groups in total. The Morgan fingerprint density at radius 2 is 1.89 bits per heavy atom. The average Bonchev–Trinajstić information content (AvgIpc) is 2.86. The highest BCUT2D eigenvalue weighted by Gasteiger charge is 2.28. The fraction of sp³-hybridized carbons (Fsp3) is 0.938. The SMILES string of the molecule is CC(CC(=O)NC1CCCC1CN)C1CCCCC1. The highest BCUT2D eigenvalue weighted by atomic mass is 16.1. The van der Waals surface area contributed by atoms with Gasteiger partial charge < -0.3 is 11.1 Å². The first-order valence-electron chi connectivity index (χ1n) is 8.20.